The van der Waals surface area contributed by atoms with Gasteiger partial charge in [-0.05, 0) is 39.8 Å². The van der Waals surface area contributed by atoms with E-state index in [2.05, 4.69) is 15.7 Å². The third kappa shape index (κ3) is 5.07. The van der Waals surface area contributed by atoms with Gasteiger partial charge in [-0.3, -0.25) is 10.1 Å². The lowest BCUT2D eigenvalue weighted by atomic mass is 10.2. The maximum absolute atomic E-state index is 12.5. The van der Waals surface area contributed by atoms with Crippen molar-refractivity contribution in [1.82, 2.24) is 20.4 Å². The van der Waals surface area contributed by atoms with Crippen LogP contribution in [0.3, 0.4) is 0 Å². The number of carbonyl (C=O) groups excluding carboxylic acids is 3. The van der Waals surface area contributed by atoms with Crippen molar-refractivity contribution in [2.24, 2.45) is 0 Å². The molecular weight excluding hydrogens is 372 g/mol. The predicted molar refractivity (Wildman–Crippen MR) is 100.0 cm³/mol. The number of rotatable bonds is 5. The van der Waals surface area contributed by atoms with Crippen LogP contribution in [0.25, 0.3) is 5.69 Å². The number of benzene rings is 1. The van der Waals surface area contributed by atoms with Crippen molar-refractivity contribution < 1.29 is 19.1 Å². The van der Waals surface area contributed by atoms with E-state index in [1.807, 2.05) is 18.2 Å². The number of ether oxygens (including phenoxy) is 1. The number of carbonyl (C=O) groups is 3. The Labute approximate surface area is 161 Å². The SMILES string of the molecule is Cc1nn(-c2ccccc2)c(Cl)c1C(=O)O[C@@H](C)C(=O)NC(=O)NC(C)C. The molecule has 3 amide bonds. The van der Waals surface area contributed by atoms with Crippen molar-refractivity contribution in [3.05, 3.63) is 46.7 Å². The number of hydrogen-bond donors (Lipinski definition) is 2. The van der Waals surface area contributed by atoms with Crippen molar-refractivity contribution in [1.29, 1.82) is 0 Å². The van der Waals surface area contributed by atoms with Crippen LogP contribution in [0.4, 0.5) is 4.79 Å². The molecule has 0 bridgehead atoms. The first-order valence-electron chi connectivity index (χ1n) is 8.33. The summed E-state index contributed by atoms with van der Waals surface area (Å²) in [5.74, 6) is -1.54. The fourth-order valence-electron chi connectivity index (χ4n) is 2.26. The minimum Gasteiger partial charge on any atom is -0.449 e. The monoisotopic (exact) mass is 392 g/mol. The molecule has 1 aromatic heterocycles. The zero-order chi connectivity index (χ0) is 20.1. The summed E-state index contributed by atoms with van der Waals surface area (Å²) in [4.78, 5) is 36.0. The average molecular weight is 393 g/mol. The molecule has 0 saturated heterocycles. The highest BCUT2D eigenvalue weighted by Gasteiger charge is 2.26. The lowest BCUT2D eigenvalue weighted by Crippen LogP contribution is -2.46. The second kappa shape index (κ2) is 8.68. The lowest BCUT2D eigenvalue weighted by molar-refractivity contribution is -0.127. The maximum Gasteiger partial charge on any atom is 0.344 e. The smallest absolute Gasteiger partial charge is 0.344 e. The van der Waals surface area contributed by atoms with Gasteiger partial charge in [0.05, 0.1) is 11.4 Å². The normalized spacial score (nSPS) is 11.8. The summed E-state index contributed by atoms with van der Waals surface area (Å²) < 4.78 is 6.56. The fraction of sp³-hybridized carbons (Fsp3) is 0.333. The molecule has 0 spiro atoms. The molecule has 0 fully saturated rings. The summed E-state index contributed by atoms with van der Waals surface area (Å²) in [6, 6.07) is 8.25. The van der Waals surface area contributed by atoms with Crippen molar-refractivity contribution in [3.63, 3.8) is 0 Å². The van der Waals surface area contributed by atoms with E-state index in [0.717, 1.165) is 0 Å². The first-order valence-corrected chi connectivity index (χ1v) is 8.71. The molecule has 0 radical (unpaired) electrons. The van der Waals surface area contributed by atoms with Crippen LogP contribution in [-0.2, 0) is 9.53 Å². The van der Waals surface area contributed by atoms with Crippen molar-refractivity contribution in [2.45, 2.75) is 39.8 Å². The first kappa shape index (κ1) is 20.4. The van der Waals surface area contributed by atoms with Crippen molar-refractivity contribution in [2.75, 3.05) is 0 Å². The van der Waals surface area contributed by atoms with E-state index in [1.54, 1.807) is 32.9 Å². The van der Waals surface area contributed by atoms with E-state index in [-0.39, 0.29) is 16.8 Å². The molecule has 0 aliphatic heterocycles. The van der Waals surface area contributed by atoms with Crippen LogP contribution in [0.2, 0.25) is 5.15 Å². The van der Waals surface area contributed by atoms with Gasteiger partial charge in [0.1, 0.15) is 10.7 Å². The number of hydrogen-bond acceptors (Lipinski definition) is 5. The summed E-state index contributed by atoms with van der Waals surface area (Å²) in [7, 11) is 0. The molecule has 27 heavy (non-hydrogen) atoms. The van der Waals surface area contributed by atoms with E-state index in [9.17, 15) is 14.4 Å². The van der Waals surface area contributed by atoms with Gasteiger partial charge >= 0.3 is 12.0 Å². The molecule has 0 unspecified atom stereocenters. The van der Waals surface area contributed by atoms with Gasteiger partial charge in [-0.25, -0.2) is 14.3 Å². The Bertz CT molecular complexity index is 849. The van der Waals surface area contributed by atoms with Crippen molar-refractivity contribution in [3.8, 4) is 5.69 Å². The Kier molecular flexibility index (Phi) is 6.57. The van der Waals surface area contributed by atoms with Gasteiger partial charge in [0.15, 0.2) is 6.10 Å². The van der Waals surface area contributed by atoms with Crippen LogP contribution in [0.1, 0.15) is 36.8 Å². The molecule has 2 N–H and O–H groups in total. The Hall–Kier alpha value is -2.87. The lowest BCUT2D eigenvalue weighted by Gasteiger charge is -2.14. The summed E-state index contributed by atoms with van der Waals surface area (Å²) >= 11 is 6.30. The number of imide groups is 1. The molecule has 1 heterocycles. The molecule has 144 valence electrons. The molecule has 1 aromatic carbocycles. The Morgan fingerprint density at radius 1 is 1.15 bits per heavy atom. The van der Waals surface area contributed by atoms with Crippen LogP contribution >= 0.6 is 11.6 Å². The molecule has 8 nitrogen and oxygen atoms in total. The van der Waals surface area contributed by atoms with Gasteiger partial charge in [-0.1, -0.05) is 29.8 Å². The predicted octanol–water partition coefficient (Wildman–Crippen LogP) is 2.61. The van der Waals surface area contributed by atoms with Crippen LogP contribution in [0.15, 0.2) is 30.3 Å². The van der Waals surface area contributed by atoms with E-state index in [1.165, 1.54) is 11.6 Å². The number of aryl methyl sites for hydroxylation is 1. The van der Waals surface area contributed by atoms with Gasteiger partial charge < -0.3 is 10.1 Å². The minimum absolute atomic E-state index is 0.0619. The van der Waals surface area contributed by atoms with Gasteiger partial charge in [0.25, 0.3) is 5.91 Å². The standard InChI is InChI=1S/C18H21ClN4O4/c1-10(2)20-18(26)21-16(24)12(4)27-17(25)14-11(3)22-23(15(14)19)13-8-6-5-7-9-13/h5-10,12H,1-4H3,(H2,20,21,24,26)/t12-/m0/s1. The second-order valence-electron chi connectivity index (χ2n) is 6.16. The Morgan fingerprint density at radius 3 is 2.37 bits per heavy atom. The van der Waals surface area contributed by atoms with Gasteiger partial charge in [0.2, 0.25) is 0 Å². The molecule has 9 heteroatoms. The number of para-hydroxylation sites is 1. The van der Waals surface area contributed by atoms with E-state index < -0.39 is 24.0 Å². The third-order valence-electron chi connectivity index (χ3n) is 3.52. The fourth-order valence-corrected chi connectivity index (χ4v) is 2.61. The van der Waals surface area contributed by atoms with E-state index in [0.29, 0.717) is 11.4 Å². The van der Waals surface area contributed by atoms with E-state index in [4.69, 9.17) is 16.3 Å². The summed E-state index contributed by atoms with van der Waals surface area (Å²) in [6.45, 7) is 6.48. The number of nitrogens with zero attached hydrogens (tertiary/aromatic N) is 2. The zero-order valence-corrected chi connectivity index (χ0v) is 16.2. The van der Waals surface area contributed by atoms with Gasteiger partial charge in [0, 0.05) is 6.04 Å². The Morgan fingerprint density at radius 2 is 1.78 bits per heavy atom. The molecule has 2 rings (SSSR count). The highest BCUT2D eigenvalue weighted by molar-refractivity contribution is 6.33. The quantitative estimate of drug-likeness (QED) is 0.761. The number of aromatic nitrogens is 2. The molecule has 0 aliphatic rings. The summed E-state index contributed by atoms with van der Waals surface area (Å²) in [5.41, 5.74) is 1.10. The van der Waals surface area contributed by atoms with Crippen LogP contribution < -0.4 is 10.6 Å². The topological polar surface area (TPSA) is 102 Å². The van der Waals surface area contributed by atoms with Gasteiger partial charge in [-0.15, -0.1) is 0 Å². The third-order valence-corrected chi connectivity index (χ3v) is 3.87. The summed E-state index contributed by atoms with van der Waals surface area (Å²) in [6.07, 6.45) is -1.19. The largest absolute Gasteiger partial charge is 0.449 e. The zero-order valence-electron chi connectivity index (χ0n) is 15.4. The van der Waals surface area contributed by atoms with Crippen LogP contribution in [-0.4, -0.2) is 39.8 Å². The number of amides is 3. The molecule has 0 saturated carbocycles. The number of esters is 1. The van der Waals surface area contributed by atoms with Gasteiger partial charge in [-0.2, -0.15) is 5.10 Å². The maximum atomic E-state index is 12.5. The highest BCUT2D eigenvalue weighted by Crippen LogP contribution is 2.24. The first-order chi connectivity index (χ1) is 12.7. The van der Waals surface area contributed by atoms with Crippen LogP contribution in [0.5, 0.6) is 0 Å². The number of nitrogens with one attached hydrogen (secondary N) is 2. The molecule has 0 aliphatic carbocycles. The molecule has 1 atom stereocenters. The molecular formula is C18H21ClN4O4. The van der Waals surface area contributed by atoms with Crippen molar-refractivity contribution >= 4 is 29.5 Å². The molecule has 2 aromatic rings. The van der Waals surface area contributed by atoms with Crippen LogP contribution in [0, 0.1) is 6.92 Å². The second-order valence-corrected chi connectivity index (χ2v) is 6.52. The van der Waals surface area contributed by atoms with E-state index >= 15 is 0 Å². The highest BCUT2D eigenvalue weighted by atomic mass is 35.5. The summed E-state index contributed by atoms with van der Waals surface area (Å²) in [5, 5.41) is 8.95. The number of halogens is 1. The minimum atomic E-state index is -1.19. The average Bonchev–Trinajstić information content (AvgIpc) is 2.89. The number of urea groups is 1. The Balaban J connectivity index is 2.11.